The zero-order valence-corrected chi connectivity index (χ0v) is 13.5. The molecular formula is C14H10BrN3O3S. The third kappa shape index (κ3) is 4.34. The second-order valence-corrected chi connectivity index (χ2v) is 5.55. The van der Waals surface area contributed by atoms with Gasteiger partial charge in [-0.05, 0) is 42.5 Å². The van der Waals surface area contributed by atoms with Gasteiger partial charge in [-0.15, -0.1) is 0 Å². The summed E-state index contributed by atoms with van der Waals surface area (Å²) in [6, 6.07) is 12.7. The second-order valence-electron chi connectivity index (χ2n) is 4.22. The molecule has 0 saturated heterocycles. The van der Waals surface area contributed by atoms with Gasteiger partial charge in [0.05, 0.1) is 4.92 Å². The SMILES string of the molecule is O=C(NC(=S)Nc1ccc(Br)cc1)c1cccc([N+](=O)[O-])c1. The normalized spacial score (nSPS) is 9.86. The van der Waals surface area contributed by atoms with Crippen LogP contribution in [-0.2, 0) is 0 Å². The Hall–Kier alpha value is -2.32. The molecule has 0 spiro atoms. The van der Waals surface area contributed by atoms with Crippen LogP contribution in [-0.4, -0.2) is 15.9 Å². The van der Waals surface area contributed by atoms with Crippen LogP contribution in [0.3, 0.4) is 0 Å². The standard InChI is InChI=1S/C14H10BrN3O3S/c15-10-4-6-11(7-5-10)16-14(22)17-13(19)9-2-1-3-12(8-9)18(20)21/h1-8H,(H2,16,17,19,22). The van der Waals surface area contributed by atoms with E-state index in [4.69, 9.17) is 12.2 Å². The molecule has 22 heavy (non-hydrogen) atoms. The molecule has 2 aromatic rings. The van der Waals surface area contributed by atoms with Gasteiger partial charge in [0.1, 0.15) is 0 Å². The number of amides is 1. The molecule has 2 N–H and O–H groups in total. The summed E-state index contributed by atoms with van der Waals surface area (Å²) in [5.74, 6) is -0.515. The number of non-ortho nitro benzene ring substituents is 1. The summed E-state index contributed by atoms with van der Waals surface area (Å²) >= 11 is 8.36. The predicted molar refractivity (Wildman–Crippen MR) is 90.9 cm³/mol. The number of hydrogen-bond acceptors (Lipinski definition) is 4. The minimum absolute atomic E-state index is 0.110. The van der Waals surface area contributed by atoms with E-state index in [1.807, 2.05) is 12.1 Å². The molecular weight excluding hydrogens is 370 g/mol. The first-order valence-corrected chi connectivity index (χ1v) is 7.28. The van der Waals surface area contributed by atoms with E-state index >= 15 is 0 Å². The van der Waals surface area contributed by atoms with Gasteiger partial charge >= 0.3 is 0 Å². The zero-order chi connectivity index (χ0) is 16.1. The minimum Gasteiger partial charge on any atom is -0.332 e. The number of anilines is 1. The molecule has 0 radical (unpaired) electrons. The monoisotopic (exact) mass is 379 g/mol. The van der Waals surface area contributed by atoms with E-state index in [1.54, 1.807) is 12.1 Å². The first-order chi connectivity index (χ1) is 10.5. The Morgan fingerprint density at radius 2 is 1.86 bits per heavy atom. The maximum atomic E-state index is 12.0. The summed E-state index contributed by atoms with van der Waals surface area (Å²) < 4.78 is 0.921. The van der Waals surface area contributed by atoms with Gasteiger partial charge < -0.3 is 5.32 Å². The Morgan fingerprint density at radius 1 is 1.18 bits per heavy atom. The van der Waals surface area contributed by atoms with Crippen LogP contribution in [0.4, 0.5) is 11.4 Å². The van der Waals surface area contributed by atoms with E-state index in [0.717, 1.165) is 4.47 Å². The molecule has 1 amide bonds. The lowest BCUT2D eigenvalue weighted by Crippen LogP contribution is -2.34. The van der Waals surface area contributed by atoms with Crippen LogP contribution >= 0.6 is 28.1 Å². The van der Waals surface area contributed by atoms with Gasteiger partial charge in [-0.1, -0.05) is 22.0 Å². The minimum atomic E-state index is -0.560. The first kappa shape index (κ1) is 16.1. The number of hydrogen-bond donors (Lipinski definition) is 2. The van der Waals surface area contributed by atoms with E-state index < -0.39 is 10.8 Å². The van der Waals surface area contributed by atoms with Gasteiger partial charge in [0.2, 0.25) is 0 Å². The van der Waals surface area contributed by atoms with Gasteiger partial charge in [0, 0.05) is 27.9 Å². The number of nitro groups is 1. The zero-order valence-electron chi connectivity index (χ0n) is 11.1. The molecule has 6 nitrogen and oxygen atoms in total. The molecule has 0 fully saturated rings. The molecule has 0 heterocycles. The molecule has 0 aliphatic heterocycles. The Balaban J connectivity index is 2.02. The maximum Gasteiger partial charge on any atom is 0.270 e. The van der Waals surface area contributed by atoms with Crippen LogP contribution in [0.15, 0.2) is 53.0 Å². The summed E-state index contributed by atoms with van der Waals surface area (Å²) in [6.45, 7) is 0. The number of nitrogens with one attached hydrogen (secondary N) is 2. The Morgan fingerprint density at radius 3 is 2.50 bits per heavy atom. The van der Waals surface area contributed by atoms with Gasteiger partial charge in [-0.2, -0.15) is 0 Å². The smallest absolute Gasteiger partial charge is 0.270 e. The molecule has 2 aromatic carbocycles. The van der Waals surface area contributed by atoms with Gasteiger partial charge in [0.25, 0.3) is 11.6 Å². The van der Waals surface area contributed by atoms with Crippen LogP contribution in [0.5, 0.6) is 0 Å². The highest BCUT2D eigenvalue weighted by atomic mass is 79.9. The van der Waals surface area contributed by atoms with Crippen LogP contribution in [0.1, 0.15) is 10.4 Å². The van der Waals surface area contributed by atoms with Gasteiger partial charge in [0.15, 0.2) is 5.11 Å². The molecule has 8 heteroatoms. The van der Waals surface area contributed by atoms with Crippen LogP contribution in [0.25, 0.3) is 0 Å². The van der Waals surface area contributed by atoms with E-state index in [2.05, 4.69) is 26.6 Å². The van der Waals surface area contributed by atoms with Crippen LogP contribution in [0, 0.1) is 10.1 Å². The maximum absolute atomic E-state index is 12.0. The molecule has 0 bridgehead atoms. The largest absolute Gasteiger partial charge is 0.332 e. The fourth-order valence-electron chi connectivity index (χ4n) is 1.63. The van der Waals surface area contributed by atoms with Gasteiger partial charge in [-0.3, -0.25) is 20.2 Å². The van der Waals surface area contributed by atoms with E-state index in [-0.39, 0.29) is 16.4 Å². The lowest BCUT2D eigenvalue weighted by atomic mass is 10.2. The second kappa shape index (κ2) is 7.10. The number of carbonyl (C=O) groups is 1. The molecule has 0 saturated carbocycles. The van der Waals surface area contributed by atoms with Crippen molar-refractivity contribution in [1.82, 2.24) is 5.32 Å². The summed E-state index contributed by atoms with van der Waals surface area (Å²) in [7, 11) is 0. The lowest BCUT2D eigenvalue weighted by molar-refractivity contribution is -0.384. The topological polar surface area (TPSA) is 84.3 Å². The Labute approximate surface area is 139 Å². The number of nitrogens with zero attached hydrogens (tertiary/aromatic N) is 1. The number of benzene rings is 2. The van der Waals surface area contributed by atoms with Gasteiger partial charge in [-0.25, -0.2) is 0 Å². The molecule has 0 aliphatic carbocycles. The fraction of sp³-hybridized carbons (Fsp3) is 0. The van der Waals surface area contributed by atoms with Crippen LogP contribution < -0.4 is 10.6 Å². The average Bonchev–Trinajstić information content (AvgIpc) is 2.49. The number of carbonyl (C=O) groups excluding carboxylic acids is 1. The third-order valence-electron chi connectivity index (χ3n) is 2.65. The van der Waals surface area contributed by atoms with Crippen molar-refractivity contribution in [3.8, 4) is 0 Å². The highest BCUT2D eigenvalue weighted by Crippen LogP contribution is 2.15. The molecule has 0 aromatic heterocycles. The van der Waals surface area contributed by atoms with Crippen molar-refractivity contribution in [2.24, 2.45) is 0 Å². The van der Waals surface area contributed by atoms with E-state index in [0.29, 0.717) is 5.69 Å². The highest BCUT2D eigenvalue weighted by Gasteiger charge is 2.12. The van der Waals surface area contributed by atoms with Crippen molar-refractivity contribution < 1.29 is 9.72 Å². The van der Waals surface area contributed by atoms with Crippen molar-refractivity contribution in [3.63, 3.8) is 0 Å². The quantitative estimate of drug-likeness (QED) is 0.484. The first-order valence-electron chi connectivity index (χ1n) is 6.08. The summed E-state index contributed by atoms with van der Waals surface area (Å²) in [6.07, 6.45) is 0. The predicted octanol–water partition coefficient (Wildman–Crippen LogP) is 3.48. The Kier molecular flexibility index (Phi) is 5.18. The molecule has 112 valence electrons. The highest BCUT2D eigenvalue weighted by molar-refractivity contribution is 9.10. The molecule has 0 aliphatic rings. The van der Waals surface area contributed by atoms with Crippen LogP contribution in [0.2, 0.25) is 0 Å². The molecule has 0 atom stereocenters. The van der Waals surface area contributed by atoms with Crippen molar-refractivity contribution in [2.45, 2.75) is 0 Å². The summed E-state index contributed by atoms with van der Waals surface area (Å²) in [4.78, 5) is 22.1. The summed E-state index contributed by atoms with van der Waals surface area (Å²) in [5.41, 5.74) is 0.723. The van der Waals surface area contributed by atoms with Crippen molar-refractivity contribution in [2.75, 3.05) is 5.32 Å². The molecule has 2 rings (SSSR count). The number of thiocarbonyl (C=S) groups is 1. The van der Waals surface area contributed by atoms with Crippen molar-refractivity contribution >= 4 is 50.5 Å². The Bertz CT molecular complexity index is 734. The van der Waals surface area contributed by atoms with E-state index in [9.17, 15) is 14.9 Å². The fourth-order valence-corrected chi connectivity index (χ4v) is 2.11. The van der Waals surface area contributed by atoms with Crippen molar-refractivity contribution in [1.29, 1.82) is 0 Å². The van der Waals surface area contributed by atoms with E-state index in [1.165, 1.54) is 24.3 Å². The number of rotatable bonds is 3. The number of nitro benzene ring substituents is 1. The summed E-state index contributed by atoms with van der Waals surface area (Å²) in [5, 5.41) is 16.1. The molecule has 0 unspecified atom stereocenters. The lowest BCUT2D eigenvalue weighted by Gasteiger charge is -2.09. The number of halogens is 1. The average molecular weight is 380 g/mol. The van der Waals surface area contributed by atoms with Crippen molar-refractivity contribution in [3.05, 3.63) is 68.7 Å². The third-order valence-corrected chi connectivity index (χ3v) is 3.38.